The van der Waals surface area contributed by atoms with E-state index in [1.54, 1.807) is 0 Å². The molecule has 1 atom stereocenters. The highest BCUT2D eigenvalue weighted by atomic mass is 79.9. The van der Waals surface area contributed by atoms with Crippen molar-refractivity contribution in [1.29, 1.82) is 0 Å². The van der Waals surface area contributed by atoms with Crippen molar-refractivity contribution in [3.05, 3.63) is 28.7 Å². The van der Waals surface area contributed by atoms with Gasteiger partial charge < -0.3 is 4.74 Å². The Morgan fingerprint density at radius 1 is 1.18 bits per heavy atom. The van der Waals surface area contributed by atoms with Gasteiger partial charge in [0.1, 0.15) is 11.9 Å². The average Bonchev–Trinajstić information content (AvgIpc) is 2.29. The Balaban J connectivity index is 2.79. The van der Waals surface area contributed by atoms with E-state index in [9.17, 15) is 0 Å². The summed E-state index contributed by atoms with van der Waals surface area (Å²) >= 11 is 3.48. The topological polar surface area (TPSA) is 9.23 Å². The molecule has 0 N–H and O–H groups in total. The summed E-state index contributed by atoms with van der Waals surface area (Å²) in [4.78, 5) is 0. The summed E-state index contributed by atoms with van der Waals surface area (Å²) in [7, 11) is 0. The second kappa shape index (κ2) is 7.05. The SMILES string of the molecule is CCC(CC)[C@@H](Oc1cccc(Br)c1)C(C)C. The highest BCUT2D eigenvalue weighted by Crippen LogP contribution is 2.27. The highest BCUT2D eigenvalue weighted by Gasteiger charge is 2.23. The first kappa shape index (κ1) is 14.6. The van der Waals surface area contributed by atoms with Crippen LogP contribution in [-0.4, -0.2) is 6.10 Å². The van der Waals surface area contributed by atoms with Gasteiger partial charge in [0, 0.05) is 4.47 Å². The molecule has 0 saturated carbocycles. The van der Waals surface area contributed by atoms with E-state index in [2.05, 4.69) is 43.6 Å². The van der Waals surface area contributed by atoms with E-state index in [1.807, 2.05) is 24.3 Å². The maximum absolute atomic E-state index is 6.17. The molecule has 0 aliphatic rings. The monoisotopic (exact) mass is 298 g/mol. The van der Waals surface area contributed by atoms with Gasteiger partial charge in [0.2, 0.25) is 0 Å². The standard InChI is InChI=1S/C15H23BrO/c1-5-12(6-2)15(11(3)4)17-14-9-7-8-13(16)10-14/h7-12,15H,5-6H2,1-4H3/t15-/m0/s1. The van der Waals surface area contributed by atoms with Crippen LogP contribution >= 0.6 is 15.9 Å². The molecule has 0 fully saturated rings. The van der Waals surface area contributed by atoms with Crippen LogP contribution in [0.3, 0.4) is 0 Å². The van der Waals surface area contributed by atoms with Gasteiger partial charge in [-0.1, -0.05) is 49.7 Å². The third-order valence-electron chi connectivity index (χ3n) is 3.24. The van der Waals surface area contributed by atoms with Gasteiger partial charge in [0.25, 0.3) is 0 Å². The van der Waals surface area contributed by atoms with Crippen LogP contribution in [0.15, 0.2) is 28.7 Å². The molecule has 0 amide bonds. The van der Waals surface area contributed by atoms with Gasteiger partial charge in [-0.15, -0.1) is 0 Å². The predicted octanol–water partition coefficient (Wildman–Crippen LogP) is 5.29. The first-order valence-corrected chi connectivity index (χ1v) is 7.30. The molecule has 17 heavy (non-hydrogen) atoms. The zero-order chi connectivity index (χ0) is 12.8. The number of ether oxygens (including phenoxy) is 1. The van der Waals surface area contributed by atoms with E-state index >= 15 is 0 Å². The molecule has 0 aromatic heterocycles. The largest absolute Gasteiger partial charge is 0.490 e. The van der Waals surface area contributed by atoms with E-state index < -0.39 is 0 Å². The molecule has 0 heterocycles. The van der Waals surface area contributed by atoms with Crippen molar-refractivity contribution in [3.8, 4) is 5.75 Å². The summed E-state index contributed by atoms with van der Waals surface area (Å²) in [6.07, 6.45) is 2.65. The Morgan fingerprint density at radius 2 is 1.82 bits per heavy atom. The second-order valence-electron chi connectivity index (χ2n) is 4.86. The first-order valence-electron chi connectivity index (χ1n) is 6.50. The summed E-state index contributed by atoms with van der Waals surface area (Å²) in [5, 5.41) is 0. The lowest BCUT2D eigenvalue weighted by molar-refractivity contribution is 0.0842. The maximum atomic E-state index is 6.17. The van der Waals surface area contributed by atoms with Gasteiger partial charge in [0.15, 0.2) is 0 Å². The number of benzene rings is 1. The van der Waals surface area contributed by atoms with Crippen LogP contribution in [0.25, 0.3) is 0 Å². The Kier molecular flexibility index (Phi) is 6.04. The molecule has 0 bridgehead atoms. The summed E-state index contributed by atoms with van der Waals surface area (Å²) < 4.78 is 7.24. The van der Waals surface area contributed by atoms with Gasteiger partial charge in [0.05, 0.1) is 0 Å². The van der Waals surface area contributed by atoms with Crippen molar-refractivity contribution in [2.45, 2.75) is 46.6 Å². The fourth-order valence-corrected chi connectivity index (χ4v) is 2.61. The fraction of sp³-hybridized carbons (Fsp3) is 0.600. The molecular weight excluding hydrogens is 276 g/mol. The molecule has 0 unspecified atom stereocenters. The highest BCUT2D eigenvalue weighted by molar-refractivity contribution is 9.10. The average molecular weight is 299 g/mol. The lowest BCUT2D eigenvalue weighted by atomic mass is 9.89. The predicted molar refractivity (Wildman–Crippen MR) is 77.5 cm³/mol. The molecule has 0 spiro atoms. The van der Waals surface area contributed by atoms with Gasteiger partial charge in [-0.05, 0) is 42.9 Å². The Morgan fingerprint density at radius 3 is 2.29 bits per heavy atom. The minimum absolute atomic E-state index is 0.305. The van der Waals surface area contributed by atoms with Crippen LogP contribution in [0.2, 0.25) is 0 Å². The van der Waals surface area contributed by atoms with Gasteiger partial charge in [-0.25, -0.2) is 0 Å². The molecular formula is C15H23BrO. The molecule has 0 radical (unpaired) electrons. The molecule has 1 aromatic rings. The van der Waals surface area contributed by atoms with Crippen molar-refractivity contribution >= 4 is 15.9 Å². The maximum Gasteiger partial charge on any atom is 0.120 e. The van der Waals surface area contributed by atoms with Crippen LogP contribution in [0, 0.1) is 11.8 Å². The number of hydrogen-bond acceptors (Lipinski definition) is 1. The molecule has 1 aromatic carbocycles. The molecule has 0 saturated heterocycles. The minimum atomic E-state index is 0.305. The number of hydrogen-bond donors (Lipinski definition) is 0. The molecule has 0 aliphatic carbocycles. The van der Waals surface area contributed by atoms with Crippen molar-refractivity contribution in [2.24, 2.45) is 11.8 Å². The summed E-state index contributed by atoms with van der Waals surface area (Å²) in [5.74, 6) is 2.14. The van der Waals surface area contributed by atoms with E-state index in [0.29, 0.717) is 17.9 Å². The molecule has 1 nitrogen and oxygen atoms in total. The summed E-state index contributed by atoms with van der Waals surface area (Å²) in [6.45, 7) is 8.96. The van der Waals surface area contributed by atoms with E-state index in [-0.39, 0.29) is 0 Å². The Labute approximate surface area is 114 Å². The van der Waals surface area contributed by atoms with Crippen LogP contribution in [-0.2, 0) is 0 Å². The van der Waals surface area contributed by atoms with Crippen molar-refractivity contribution in [2.75, 3.05) is 0 Å². The normalized spacial score (nSPS) is 13.1. The lowest BCUT2D eigenvalue weighted by Gasteiger charge is -2.29. The lowest BCUT2D eigenvalue weighted by Crippen LogP contribution is -2.31. The van der Waals surface area contributed by atoms with Gasteiger partial charge in [-0.2, -0.15) is 0 Å². The summed E-state index contributed by atoms with van der Waals surface area (Å²) in [6, 6.07) is 8.11. The van der Waals surface area contributed by atoms with Crippen molar-refractivity contribution < 1.29 is 4.74 Å². The Bertz CT molecular complexity index is 331. The smallest absolute Gasteiger partial charge is 0.120 e. The zero-order valence-corrected chi connectivity index (χ0v) is 12.8. The van der Waals surface area contributed by atoms with Crippen LogP contribution < -0.4 is 4.74 Å². The van der Waals surface area contributed by atoms with Crippen LogP contribution in [0.4, 0.5) is 0 Å². The van der Waals surface area contributed by atoms with E-state index in [0.717, 1.165) is 10.2 Å². The fourth-order valence-electron chi connectivity index (χ4n) is 2.23. The minimum Gasteiger partial charge on any atom is -0.490 e. The molecule has 1 rings (SSSR count). The molecule has 0 aliphatic heterocycles. The van der Waals surface area contributed by atoms with Crippen LogP contribution in [0.1, 0.15) is 40.5 Å². The third-order valence-corrected chi connectivity index (χ3v) is 3.73. The first-order chi connectivity index (χ1) is 8.08. The number of rotatable bonds is 6. The quantitative estimate of drug-likeness (QED) is 0.693. The second-order valence-corrected chi connectivity index (χ2v) is 5.78. The third kappa shape index (κ3) is 4.34. The van der Waals surface area contributed by atoms with Gasteiger partial charge >= 0.3 is 0 Å². The molecule has 2 heteroatoms. The number of halogens is 1. The van der Waals surface area contributed by atoms with Crippen molar-refractivity contribution in [1.82, 2.24) is 0 Å². The summed E-state index contributed by atoms with van der Waals surface area (Å²) in [5.41, 5.74) is 0. The van der Waals surface area contributed by atoms with Gasteiger partial charge in [-0.3, -0.25) is 0 Å². The molecule has 96 valence electrons. The van der Waals surface area contributed by atoms with Crippen LogP contribution in [0.5, 0.6) is 5.75 Å². The van der Waals surface area contributed by atoms with E-state index in [1.165, 1.54) is 12.8 Å². The Hall–Kier alpha value is -0.500. The van der Waals surface area contributed by atoms with Crippen molar-refractivity contribution in [3.63, 3.8) is 0 Å². The zero-order valence-electron chi connectivity index (χ0n) is 11.2. The van der Waals surface area contributed by atoms with E-state index in [4.69, 9.17) is 4.74 Å².